The van der Waals surface area contributed by atoms with Gasteiger partial charge < -0.3 is 9.72 Å². The predicted molar refractivity (Wildman–Crippen MR) is 78.2 cm³/mol. The van der Waals surface area contributed by atoms with Gasteiger partial charge in [-0.05, 0) is 29.9 Å². The lowest BCUT2D eigenvalue weighted by Crippen LogP contribution is -1.94. The highest BCUT2D eigenvalue weighted by molar-refractivity contribution is 5.51. The lowest BCUT2D eigenvalue weighted by molar-refractivity contribution is 0.357. The molecule has 0 spiro atoms. The van der Waals surface area contributed by atoms with Crippen molar-refractivity contribution in [1.29, 1.82) is 0 Å². The molecule has 0 saturated heterocycles. The van der Waals surface area contributed by atoms with Gasteiger partial charge in [-0.2, -0.15) is 0 Å². The molecule has 0 amide bonds. The van der Waals surface area contributed by atoms with Crippen LogP contribution >= 0.6 is 0 Å². The molecule has 2 aromatic rings. The first-order chi connectivity index (χ1) is 9.60. The molecule has 2 aliphatic rings. The van der Waals surface area contributed by atoms with Crippen LogP contribution in [0, 0.1) is 12.3 Å². The first-order valence-electron chi connectivity index (χ1n) is 7.35. The van der Waals surface area contributed by atoms with Gasteiger partial charge in [0.25, 0.3) is 0 Å². The zero-order chi connectivity index (χ0) is 13.9. The number of rotatable bonds is 2. The van der Waals surface area contributed by atoms with E-state index in [9.17, 15) is 0 Å². The average molecular weight is 268 g/mol. The molecule has 1 saturated carbocycles. The van der Waals surface area contributed by atoms with Gasteiger partial charge in [0.2, 0.25) is 0 Å². The van der Waals surface area contributed by atoms with Gasteiger partial charge in [-0.15, -0.1) is 0 Å². The van der Waals surface area contributed by atoms with Gasteiger partial charge in [0.05, 0.1) is 18.6 Å². The number of hydrogen-bond acceptors (Lipinski definition) is 2. The first kappa shape index (κ1) is 12.0. The van der Waals surface area contributed by atoms with Crippen molar-refractivity contribution in [2.75, 3.05) is 6.61 Å². The van der Waals surface area contributed by atoms with Crippen LogP contribution in [0.15, 0.2) is 24.5 Å². The standard InChI is InChI=1S/C17H20N2O/c1-10-16(19-9-18-10)15-14(17(15,2)3)12-5-4-6-13-11(12)7-8-20-13/h4-6,9,14-15H,7-8H2,1-3H3,(H,18,19)/t14-,15+/m1/s1. The summed E-state index contributed by atoms with van der Waals surface area (Å²) in [7, 11) is 0. The van der Waals surface area contributed by atoms with Gasteiger partial charge in [0, 0.05) is 23.6 Å². The van der Waals surface area contributed by atoms with E-state index in [0.29, 0.717) is 11.8 Å². The Hall–Kier alpha value is -1.77. The van der Waals surface area contributed by atoms with Gasteiger partial charge >= 0.3 is 0 Å². The van der Waals surface area contributed by atoms with E-state index in [4.69, 9.17) is 4.74 Å². The molecule has 3 heteroatoms. The van der Waals surface area contributed by atoms with Crippen molar-refractivity contribution in [3.8, 4) is 5.75 Å². The Labute approximate surface area is 119 Å². The van der Waals surface area contributed by atoms with Gasteiger partial charge in [-0.25, -0.2) is 4.98 Å². The molecule has 2 atom stereocenters. The summed E-state index contributed by atoms with van der Waals surface area (Å²) < 4.78 is 5.71. The zero-order valence-electron chi connectivity index (χ0n) is 12.2. The molecule has 3 nitrogen and oxygen atoms in total. The number of nitrogens with one attached hydrogen (secondary N) is 1. The van der Waals surface area contributed by atoms with E-state index in [1.165, 1.54) is 22.5 Å². The molecular formula is C17H20N2O. The molecule has 0 radical (unpaired) electrons. The molecule has 104 valence electrons. The highest BCUT2D eigenvalue weighted by Crippen LogP contribution is 2.70. The Morgan fingerprint density at radius 1 is 1.30 bits per heavy atom. The lowest BCUT2D eigenvalue weighted by atomic mass is 9.96. The van der Waals surface area contributed by atoms with Crippen LogP contribution in [-0.4, -0.2) is 16.6 Å². The Morgan fingerprint density at radius 3 is 2.90 bits per heavy atom. The minimum atomic E-state index is 0.275. The van der Waals surface area contributed by atoms with E-state index in [2.05, 4.69) is 48.9 Å². The molecule has 1 aliphatic carbocycles. The summed E-state index contributed by atoms with van der Waals surface area (Å²) in [6.07, 6.45) is 2.86. The Kier molecular flexibility index (Phi) is 2.33. The maximum atomic E-state index is 5.71. The molecule has 20 heavy (non-hydrogen) atoms. The minimum absolute atomic E-state index is 0.275. The summed E-state index contributed by atoms with van der Waals surface area (Å²) >= 11 is 0. The van der Waals surface area contributed by atoms with E-state index in [-0.39, 0.29) is 5.41 Å². The van der Waals surface area contributed by atoms with Crippen LogP contribution in [0.25, 0.3) is 0 Å². The second-order valence-corrected chi connectivity index (χ2v) is 6.61. The Morgan fingerprint density at radius 2 is 2.15 bits per heavy atom. The fourth-order valence-corrected chi connectivity index (χ4v) is 3.95. The van der Waals surface area contributed by atoms with E-state index in [1.54, 1.807) is 0 Å². The first-order valence-corrected chi connectivity index (χ1v) is 7.35. The summed E-state index contributed by atoms with van der Waals surface area (Å²) in [5.74, 6) is 2.16. The Bertz CT molecular complexity index is 671. The number of H-pyrrole nitrogens is 1. The Balaban J connectivity index is 1.77. The number of ether oxygens (including phenoxy) is 1. The van der Waals surface area contributed by atoms with Crippen molar-refractivity contribution in [1.82, 2.24) is 9.97 Å². The van der Waals surface area contributed by atoms with Crippen molar-refractivity contribution in [2.45, 2.75) is 39.0 Å². The number of benzene rings is 1. The number of nitrogens with zero attached hydrogens (tertiary/aromatic N) is 1. The fourth-order valence-electron chi connectivity index (χ4n) is 3.95. The summed E-state index contributed by atoms with van der Waals surface area (Å²) in [5, 5.41) is 0. The molecule has 0 unspecified atom stereocenters. The molecule has 1 fully saturated rings. The van der Waals surface area contributed by atoms with Crippen LogP contribution in [0.2, 0.25) is 0 Å². The second-order valence-electron chi connectivity index (χ2n) is 6.61. The van der Waals surface area contributed by atoms with Gasteiger partial charge in [-0.1, -0.05) is 26.0 Å². The fraction of sp³-hybridized carbons (Fsp3) is 0.471. The summed E-state index contributed by atoms with van der Waals surface area (Å²) in [6.45, 7) is 7.65. The van der Waals surface area contributed by atoms with Crippen LogP contribution in [-0.2, 0) is 6.42 Å². The van der Waals surface area contributed by atoms with E-state index in [1.807, 2.05) is 6.33 Å². The third-order valence-electron chi connectivity index (χ3n) is 5.10. The number of imidazole rings is 1. The lowest BCUT2D eigenvalue weighted by Gasteiger charge is -2.08. The molecule has 2 heterocycles. The van der Waals surface area contributed by atoms with Gasteiger partial charge in [0.1, 0.15) is 5.75 Å². The molecule has 1 aliphatic heterocycles. The molecule has 0 bridgehead atoms. The highest BCUT2D eigenvalue weighted by atomic mass is 16.5. The van der Waals surface area contributed by atoms with Crippen LogP contribution in [0.1, 0.15) is 48.2 Å². The third-order valence-corrected chi connectivity index (χ3v) is 5.10. The smallest absolute Gasteiger partial charge is 0.122 e. The van der Waals surface area contributed by atoms with Crippen molar-refractivity contribution >= 4 is 0 Å². The highest BCUT2D eigenvalue weighted by Gasteiger charge is 2.61. The van der Waals surface area contributed by atoms with Crippen molar-refractivity contribution in [3.05, 3.63) is 47.0 Å². The molecule has 4 rings (SSSR count). The van der Waals surface area contributed by atoms with Crippen LogP contribution in [0.3, 0.4) is 0 Å². The largest absolute Gasteiger partial charge is 0.493 e. The monoisotopic (exact) mass is 268 g/mol. The van der Waals surface area contributed by atoms with E-state index in [0.717, 1.165) is 18.8 Å². The summed E-state index contributed by atoms with van der Waals surface area (Å²) in [6, 6.07) is 6.50. The van der Waals surface area contributed by atoms with Gasteiger partial charge in [-0.3, -0.25) is 0 Å². The number of fused-ring (bicyclic) bond motifs is 1. The van der Waals surface area contributed by atoms with Crippen molar-refractivity contribution < 1.29 is 4.74 Å². The van der Waals surface area contributed by atoms with Crippen molar-refractivity contribution in [3.63, 3.8) is 0 Å². The normalized spacial score (nSPS) is 26.1. The third kappa shape index (κ3) is 1.49. The van der Waals surface area contributed by atoms with Crippen LogP contribution < -0.4 is 4.74 Å². The number of aromatic nitrogens is 2. The maximum absolute atomic E-state index is 5.71. The van der Waals surface area contributed by atoms with Crippen LogP contribution in [0.5, 0.6) is 5.75 Å². The molecule has 1 aromatic heterocycles. The molecule has 1 aromatic carbocycles. The van der Waals surface area contributed by atoms with E-state index < -0.39 is 0 Å². The summed E-state index contributed by atoms with van der Waals surface area (Å²) in [5.41, 5.74) is 5.60. The summed E-state index contributed by atoms with van der Waals surface area (Å²) in [4.78, 5) is 7.77. The topological polar surface area (TPSA) is 37.9 Å². The van der Waals surface area contributed by atoms with Gasteiger partial charge in [0.15, 0.2) is 0 Å². The second kappa shape index (κ2) is 3.87. The minimum Gasteiger partial charge on any atom is -0.493 e. The zero-order valence-corrected chi connectivity index (χ0v) is 12.2. The quantitative estimate of drug-likeness (QED) is 0.904. The predicted octanol–water partition coefficient (Wildman–Crippen LogP) is 3.56. The SMILES string of the molecule is Cc1[nH]cnc1[C@@H]1[C@@H](c2cccc3c2CCO3)C1(C)C. The van der Waals surface area contributed by atoms with Crippen LogP contribution in [0.4, 0.5) is 0 Å². The van der Waals surface area contributed by atoms with E-state index >= 15 is 0 Å². The number of hydrogen-bond donors (Lipinski definition) is 1. The van der Waals surface area contributed by atoms with Crippen molar-refractivity contribution in [2.24, 2.45) is 5.41 Å². The molecular weight excluding hydrogens is 248 g/mol. The number of aromatic amines is 1. The maximum Gasteiger partial charge on any atom is 0.122 e. The number of aryl methyl sites for hydroxylation is 1. The average Bonchev–Trinajstić information content (AvgIpc) is 2.83. The molecule has 1 N–H and O–H groups in total.